The number of aromatic nitrogens is 1. The monoisotopic (exact) mass is 229 g/mol. The lowest BCUT2D eigenvalue weighted by atomic mass is 10.1. The maximum Gasteiger partial charge on any atom is 0.0726 e. The first-order valence-electron chi connectivity index (χ1n) is 5.85. The highest BCUT2D eigenvalue weighted by atomic mass is 15.1. The van der Waals surface area contributed by atoms with E-state index in [1.54, 1.807) is 0 Å². The highest BCUT2D eigenvalue weighted by Gasteiger charge is 2.12. The van der Waals surface area contributed by atoms with Crippen LogP contribution < -0.4 is 10.2 Å². The third kappa shape index (κ3) is 2.11. The molecule has 0 saturated heterocycles. The summed E-state index contributed by atoms with van der Waals surface area (Å²) in [6.07, 6.45) is 0. The van der Waals surface area contributed by atoms with E-state index in [1.807, 2.05) is 13.1 Å². The van der Waals surface area contributed by atoms with Crippen LogP contribution in [0, 0.1) is 6.92 Å². The maximum absolute atomic E-state index is 4.72. The van der Waals surface area contributed by atoms with E-state index < -0.39 is 0 Å². The summed E-state index contributed by atoms with van der Waals surface area (Å²) < 4.78 is 0. The van der Waals surface area contributed by atoms with Crippen molar-refractivity contribution in [3.05, 3.63) is 35.5 Å². The van der Waals surface area contributed by atoms with Crippen molar-refractivity contribution >= 4 is 16.6 Å². The van der Waals surface area contributed by atoms with Crippen molar-refractivity contribution in [3.8, 4) is 0 Å². The summed E-state index contributed by atoms with van der Waals surface area (Å²) in [4.78, 5) is 6.88. The van der Waals surface area contributed by atoms with E-state index in [2.05, 4.69) is 49.4 Å². The van der Waals surface area contributed by atoms with Crippen LogP contribution in [-0.2, 0) is 6.54 Å². The third-order valence-corrected chi connectivity index (χ3v) is 2.99. The Morgan fingerprint density at radius 1 is 1.24 bits per heavy atom. The molecule has 2 rings (SSSR count). The Kier molecular flexibility index (Phi) is 3.29. The van der Waals surface area contributed by atoms with E-state index in [0.717, 1.165) is 17.8 Å². The second kappa shape index (κ2) is 4.72. The molecule has 0 radical (unpaired) electrons. The summed E-state index contributed by atoms with van der Waals surface area (Å²) in [5.41, 5.74) is 4.70. The van der Waals surface area contributed by atoms with Crippen molar-refractivity contribution < 1.29 is 0 Å². The van der Waals surface area contributed by atoms with Crippen LogP contribution in [0.25, 0.3) is 10.9 Å². The first kappa shape index (κ1) is 11.9. The number of benzene rings is 1. The zero-order chi connectivity index (χ0) is 12.4. The van der Waals surface area contributed by atoms with E-state index in [1.165, 1.54) is 16.6 Å². The number of rotatable bonds is 3. The molecule has 3 heteroatoms. The summed E-state index contributed by atoms with van der Waals surface area (Å²) in [6.45, 7) is 2.94. The Morgan fingerprint density at radius 2 is 1.94 bits per heavy atom. The molecule has 0 saturated carbocycles. The van der Waals surface area contributed by atoms with Crippen molar-refractivity contribution in [1.82, 2.24) is 10.3 Å². The molecule has 2 aromatic rings. The van der Waals surface area contributed by atoms with Gasteiger partial charge in [-0.3, -0.25) is 4.98 Å². The SMILES string of the molecule is CNCc1nc2ccccc2c(N(C)C)c1C. The van der Waals surface area contributed by atoms with Gasteiger partial charge >= 0.3 is 0 Å². The van der Waals surface area contributed by atoms with Gasteiger partial charge in [0.2, 0.25) is 0 Å². The van der Waals surface area contributed by atoms with Crippen LogP contribution in [0.4, 0.5) is 5.69 Å². The van der Waals surface area contributed by atoms with Crippen LogP contribution in [0.3, 0.4) is 0 Å². The van der Waals surface area contributed by atoms with E-state index in [9.17, 15) is 0 Å². The van der Waals surface area contributed by atoms with Crippen molar-refractivity contribution in [2.45, 2.75) is 13.5 Å². The Balaban J connectivity index is 2.76. The number of hydrogen-bond acceptors (Lipinski definition) is 3. The van der Waals surface area contributed by atoms with Gasteiger partial charge in [-0.25, -0.2) is 0 Å². The van der Waals surface area contributed by atoms with Crippen LogP contribution in [0.5, 0.6) is 0 Å². The summed E-state index contributed by atoms with van der Waals surface area (Å²) >= 11 is 0. The number of para-hydroxylation sites is 1. The predicted molar refractivity (Wildman–Crippen MR) is 73.6 cm³/mol. The fourth-order valence-corrected chi connectivity index (χ4v) is 2.26. The lowest BCUT2D eigenvalue weighted by molar-refractivity contribution is 0.788. The predicted octanol–water partition coefficient (Wildman–Crippen LogP) is 2.33. The topological polar surface area (TPSA) is 28.2 Å². The van der Waals surface area contributed by atoms with Gasteiger partial charge in [0.25, 0.3) is 0 Å². The minimum atomic E-state index is 0.803. The Hall–Kier alpha value is -1.61. The molecule has 1 aromatic carbocycles. The molecule has 0 aliphatic rings. The van der Waals surface area contributed by atoms with Gasteiger partial charge in [0.15, 0.2) is 0 Å². The second-order valence-corrected chi connectivity index (χ2v) is 4.47. The largest absolute Gasteiger partial charge is 0.377 e. The molecule has 0 fully saturated rings. The Bertz CT molecular complexity index is 532. The van der Waals surface area contributed by atoms with Crippen LogP contribution in [0.1, 0.15) is 11.3 Å². The minimum absolute atomic E-state index is 0.803. The quantitative estimate of drug-likeness (QED) is 0.875. The molecule has 0 spiro atoms. The molecule has 0 atom stereocenters. The van der Waals surface area contributed by atoms with Crippen LogP contribution in [-0.4, -0.2) is 26.1 Å². The summed E-state index contributed by atoms with van der Waals surface area (Å²) in [5.74, 6) is 0. The van der Waals surface area contributed by atoms with Gasteiger partial charge in [0, 0.05) is 26.0 Å². The number of nitrogens with one attached hydrogen (secondary N) is 1. The van der Waals surface area contributed by atoms with Crippen LogP contribution in [0.15, 0.2) is 24.3 Å². The smallest absolute Gasteiger partial charge is 0.0726 e. The number of pyridine rings is 1. The molecule has 0 amide bonds. The number of fused-ring (bicyclic) bond motifs is 1. The van der Waals surface area contributed by atoms with E-state index in [4.69, 9.17) is 4.98 Å². The summed E-state index contributed by atoms with van der Waals surface area (Å²) in [6, 6.07) is 8.30. The molecule has 0 unspecified atom stereocenters. The van der Waals surface area contributed by atoms with Crippen molar-refractivity contribution in [2.75, 3.05) is 26.0 Å². The lowest BCUT2D eigenvalue weighted by Gasteiger charge is -2.20. The summed E-state index contributed by atoms with van der Waals surface area (Å²) in [7, 11) is 6.11. The van der Waals surface area contributed by atoms with E-state index in [0.29, 0.717) is 0 Å². The van der Waals surface area contributed by atoms with Gasteiger partial charge in [-0.1, -0.05) is 18.2 Å². The highest BCUT2D eigenvalue weighted by molar-refractivity contribution is 5.93. The average Bonchev–Trinajstić information content (AvgIpc) is 2.30. The third-order valence-electron chi connectivity index (χ3n) is 2.99. The Morgan fingerprint density at radius 3 is 2.59 bits per heavy atom. The Labute approximate surface area is 102 Å². The van der Waals surface area contributed by atoms with Gasteiger partial charge in [-0.2, -0.15) is 0 Å². The van der Waals surface area contributed by atoms with Crippen molar-refractivity contribution in [2.24, 2.45) is 0 Å². The molecule has 3 nitrogen and oxygen atoms in total. The normalized spacial score (nSPS) is 10.8. The van der Waals surface area contributed by atoms with Gasteiger partial charge < -0.3 is 10.2 Å². The maximum atomic E-state index is 4.72. The second-order valence-electron chi connectivity index (χ2n) is 4.47. The molecule has 90 valence electrons. The van der Waals surface area contributed by atoms with Gasteiger partial charge in [-0.05, 0) is 25.6 Å². The highest BCUT2D eigenvalue weighted by Crippen LogP contribution is 2.29. The van der Waals surface area contributed by atoms with Gasteiger partial charge in [0.05, 0.1) is 16.9 Å². The number of anilines is 1. The van der Waals surface area contributed by atoms with Crippen LogP contribution >= 0.6 is 0 Å². The minimum Gasteiger partial charge on any atom is -0.377 e. The zero-order valence-corrected chi connectivity index (χ0v) is 10.9. The number of hydrogen-bond donors (Lipinski definition) is 1. The zero-order valence-electron chi connectivity index (χ0n) is 10.9. The molecular weight excluding hydrogens is 210 g/mol. The van der Waals surface area contributed by atoms with Crippen molar-refractivity contribution in [1.29, 1.82) is 0 Å². The summed E-state index contributed by atoms with van der Waals surface area (Å²) in [5, 5.41) is 4.39. The fourth-order valence-electron chi connectivity index (χ4n) is 2.26. The fraction of sp³-hybridized carbons (Fsp3) is 0.357. The molecule has 1 N–H and O–H groups in total. The first-order valence-corrected chi connectivity index (χ1v) is 5.85. The number of nitrogens with zero attached hydrogens (tertiary/aromatic N) is 2. The van der Waals surface area contributed by atoms with Gasteiger partial charge in [-0.15, -0.1) is 0 Å². The molecular formula is C14H19N3. The average molecular weight is 229 g/mol. The van der Waals surface area contributed by atoms with Crippen molar-refractivity contribution in [3.63, 3.8) is 0 Å². The van der Waals surface area contributed by atoms with Gasteiger partial charge in [0.1, 0.15) is 0 Å². The van der Waals surface area contributed by atoms with E-state index in [-0.39, 0.29) is 0 Å². The molecule has 17 heavy (non-hydrogen) atoms. The molecule has 1 aromatic heterocycles. The first-order chi connectivity index (χ1) is 8.15. The molecule has 0 aliphatic heterocycles. The van der Waals surface area contributed by atoms with Crippen LogP contribution in [0.2, 0.25) is 0 Å². The standard InChI is InChI=1S/C14H19N3/c1-10-13(9-15-2)16-12-8-6-5-7-11(12)14(10)17(3)4/h5-8,15H,9H2,1-4H3. The van der Waals surface area contributed by atoms with E-state index >= 15 is 0 Å². The lowest BCUT2D eigenvalue weighted by Crippen LogP contribution is -2.15. The molecule has 1 heterocycles. The molecule has 0 bridgehead atoms. The molecule has 0 aliphatic carbocycles.